The molecule has 1 aromatic heterocycles. The fraction of sp³-hybridized carbons (Fsp3) is 0.333. The molecule has 0 aliphatic heterocycles. The predicted molar refractivity (Wildman–Crippen MR) is 82.8 cm³/mol. The highest BCUT2D eigenvalue weighted by atomic mass is 35.5. The van der Waals surface area contributed by atoms with Crippen LogP contribution in [0, 0.1) is 0 Å². The van der Waals surface area contributed by atoms with Crippen molar-refractivity contribution in [3.05, 3.63) is 55.8 Å². The Morgan fingerprint density at radius 1 is 1.29 bits per heavy atom. The van der Waals surface area contributed by atoms with Gasteiger partial charge in [0.2, 0.25) is 0 Å². The molecular formula is C15H17ClN2O3. The van der Waals surface area contributed by atoms with Crippen LogP contribution in [-0.2, 0) is 6.42 Å². The van der Waals surface area contributed by atoms with Gasteiger partial charge in [-0.3, -0.25) is 9.78 Å². The number of H-pyrrole nitrogens is 1. The molecule has 1 heterocycles. The van der Waals surface area contributed by atoms with Gasteiger partial charge < -0.3 is 4.74 Å². The molecule has 0 amide bonds. The topological polar surface area (TPSA) is 64.1 Å². The highest BCUT2D eigenvalue weighted by Gasteiger charge is 2.13. The van der Waals surface area contributed by atoms with Crippen molar-refractivity contribution >= 4 is 11.6 Å². The standard InChI is InChI=1S/C15H17ClN2O3/c1-3-6-12-13(16)17-15(20)18(14(12)19)10-7-5-8-11(9-10)21-4-2/h5,7-9H,3-4,6H2,1-2H3,(H,17,20). The predicted octanol–water partition coefficient (Wildman–Crippen LogP) is 2.53. The lowest BCUT2D eigenvalue weighted by atomic mass is 10.2. The van der Waals surface area contributed by atoms with E-state index in [9.17, 15) is 9.59 Å². The molecule has 0 saturated heterocycles. The van der Waals surface area contributed by atoms with Gasteiger partial charge in [-0.05, 0) is 25.5 Å². The molecule has 0 aliphatic rings. The number of hydrogen-bond donors (Lipinski definition) is 1. The van der Waals surface area contributed by atoms with Crippen molar-refractivity contribution in [1.29, 1.82) is 0 Å². The molecule has 112 valence electrons. The molecule has 0 unspecified atom stereocenters. The Morgan fingerprint density at radius 2 is 2.05 bits per heavy atom. The smallest absolute Gasteiger partial charge is 0.334 e. The lowest BCUT2D eigenvalue weighted by Crippen LogP contribution is -2.36. The maximum atomic E-state index is 12.5. The SMILES string of the molecule is CCCc1c(Cl)[nH]c(=O)n(-c2cccc(OCC)c2)c1=O. The summed E-state index contributed by atoms with van der Waals surface area (Å²) in [5, 5.41) is 0.115. The van der Waals surface area contributed by atoms with Crippen molar-refractivity contribution in [2.24, 2.45) is 0 Å². The minimum atomic E-state index is -0.557. The number of benzene rings is 1. The largest absolute Gasteiger partial charge is 0.494 e. The van der Waals surface area contributed by atoms with E-state index in [0.29, 0.717) is 30.0 Å². The Labute approximate surface area is 127 Å². The summed E-state index contributed by atoms with van der Waals surface area (Å²) < 4.78 is 6.48. The second-order valence-electron chi connectivity index (χ2n) is 4.54. The van der Waals surface area contributed by atoms with Crippen LogP contribution in [0.25, 0.3) is 5.69 Å². The highest BCUT2D eigenvalue weighted by Crippen LogP contribution is 2.16. The second kappa shape index (κ2) is 6.63. The third-order valence-electron chi connectivity index (χ3n) is 3.03. The van der Waals surface area contributed by atoms with Crippen LogP contribution in [0.5, 0.6) is 5.75 Å². The summed E-state index contributed by atoms with van der Waals surface area (Å²) in [6.07, 6.45) is 1.28. The lowest BCUT2D eigenvalue weighted by molar-refractivity contribution is 0.340. The number of ether oxygens (including phenoxy) is 1. The molecule has 0 aliphatic carbocycles. The van der Waals surface area contributed by atoms with Crippen LogP contribution in [0.3, 0.4) is 0 Å². The molecule has 21 heavy (non-hydrogen) atoms. The molecule has 0 spiro atoms. The zero-order valence-corrected chi connectivity index (χ0v) is 12.7. The van der Waals surface area contributed by atoms with Gasteiger partial charge in [0.25, 0.3) is 5.56 Å². The number of rotatable bonds is 5. The van der Waals surface area contributed by atoms with Crippen molar-refractivity contribution < 1.29 is 4.74 Å². The van der Waals surface area contributed by atoms with Crippen LogP contribution in [0.1, 0.15) is 25.8 Å². The van der Waals surface area contributed by atoms with Gasteiger partial charge in [-0.2, -0.15) is 0 Å². The number of aromatic amines is 1. The van der Waals surface area contributed by atoms with Crippen molar-refractivity contribution in [3.8, 4) is 11.4 Å². The first-order valence-corrected chi connectivity index (χ1v) is 7.23. The lowest BCUT2D eigenvalue weighted by Gasteiger charge is -2.10. The quantitative estimate of drug-likeness (QED) is 0.863. The monoisotopic (exact) mass is 308 g/mol. The molecule has 0 atom stereocenters. The van der Waals surface area contributed by atoms with E-state index >= 15 is 0 Å². The average Bonchev–Trinajstić information content (AvgIpc) is 2.44. The summed E-state index contributed by atoms with van der Waals surface area (Å²) in [6.45, 7) is 4.32. The van der Waals surface area contributed by atoms with Crippen molar-refractivity contribution in [2.45, 2.75) is 26.7 Å². The Bertz CT molecular complexity index is 749. The maximum absolute atomic E-state index is 12.5. The fourth-order valence-electron chi connectivity index (χ4n) is 2.13. The zero-order chi connectivity index (χ0) is 15.4. The molecule has 6 heteroatoms. The zero-order valence-electron chi connectivity index (χ0n) is 12.0. The number of hydrogen-bond acceptors (Lipinski definition) is 3. The number of nitrogens with one attached hydrogen (secondary N) is 1. The third kappa shape index (κ3) is 3.19. The Morgan fingerprint density at radius 3 is 2.71 bits per heavy atom. The minimum Gasteiger partial charge on any atom is -0.494 e. The first-order valence-electron chi connectivity index (χ1n) is 6.85. The van der Waals surface area contributed by atoms with E-state index in [2.05, 4.69) is 4.98 Å². The first-order chi connectivity index (χ1) is 10.1. The molecule has 0 radical (unpaired) electrons. The summed E-state index contributed by atoms with van der Waals surface area (Å²) in [7, 11) is 0. The molecule has 0 saturated carbocycles. The summed E-state index contributed by atoms with van der Waals surface area (Å²) in [4.78, 5) is 27.1. The molecule has 1 aromatic carbocycles. The van der Waals surface area contributed by atoms with Crippen LogP contribution in [-0.4, -0.2) is 16.2 Å². The van der Waals surface area contributed by atoms with Gasteiger partial charge in [-0.1, -0.05) is 31.0 Å². The minimum absolute atomic E-state index is 0.115. The summed E-state index contributed by atoms with van der Waals surface area (Å²) in [6, 6.07) is 6.85. The Hall–Kier alpha value is -2.01. The van der Waals surface area contributed by atoms with Gasteiger partial charge in [0, 0.05) is 6.07 Å². The summed E-state index contributed by atoms with van der Waals surface area (Å²) >= 11 is 5.96. The molecule has 0 fully saturated rings. The van der Waals surface area contributed by atoms with E-state index in [4.69, 9.17) is 16.3 Å². The normalized spacial score (nSPS) is 10.6. The Kier molecular flexibility index (Phi) is 4.85. The van der Waals surface area contributed by atoms with Gasteiger partial charge >= 0.3 is 5.69 Å². The first kappa shape index (κ1) is 15.4. The van der Waals surface area contributed by atoms with Crippen LogP contribution in [0.2, 0.25) is 5.15 Å². The molecule has 5 nitrogen and oxygen atoms in total. The highest BCUT2D eigenvalue weighted by molar-refractivity contribution is 6.30. The Balaban J connectivity index is 2.63. The van der Waals surface area contributed by atoms with E-state index < -0.39 is 5.69 Å². The van der Waals surface area contributed by atoms with Crippen LogP contribution >= 0.6 is 11.6 Å². The van der Waals surface area contributed by atoms with E-state index in [0.717, 1.165) is 11.0 Å². The second-order valence-corrected chi connectivity index (χ2v) is 4.92. The van der Waals surface area contributed by atoms with Crippen LogP contribution in [0.15, 0.2) is 33.9 Å². The van der Waals surface area contributed by atoms with E-state index in [1.165, 1.54) is 0 Å². The van der Waals surface area contributed by atoms with Crippen LogP contribution in [0.4, 0.5) is 0 Å². The molecule has 2 aromatic rings. The van der Waals surface area contributed by atoms with Crippen molar-refractivity contribution in [1.82, 2.24) is 9.55 Å². The third-order valence-corrected chi connectivity index (χ3v) is 3.36. The summed E-state index contributed by atoms with van der Waals surface area (Å²) in [5.74, 6) is 0.605. The molecule has 2 rings (SSSR count). The fourth-order valence-corrected chi connectivity index (χ4v) is 2.38. The van der Waals surface area contributed by atoms with Crippen LogP contribution < -0.4 is 16.0 Å². The molecular weight excluding hydrogens is 292 g/mol. The number of nitrogens with zero attached hydrogens (tertiary/aromatic N) is 1. The van der Waals surface area contributed by atoms with Crippen molar-refractivity contribution in [2.75, 3.05) is 6.61 Å². The van der Waals surface area contributed by atoms with Gasteiger partial charge in [0.1, 0.15) is 10.9 Å². The molecule has 1 N–H and O–H groups in total. The molecule has 0 bridgehead atoms. The summed E-state index contributed by atoms with van der Waals surface area (Å²) in [5.41, 5.74) is -0.0699. The maximum Gasteiger partial charge on any atom is 0.334 e. The van der Waals surface area contributed by atoms with Gasteiger partial charge in [-0.25, -0.2) is 9.36 Å². The van der Waals surface area contributed by atoms with Gasteiger partial charge in [0.05, 0.1) is 17.9 Å². The van der Waals surface area contributed by atoms with E-state index in [-0.39, 0.29) is 10.7 Å². The van der Waals surface area contributed by atoms with E-state index in [1.807, 2.05) is 13.8 Å². The number of halogens is 1. The number of aromatic nitrogens is 2. The van der Waals surface area contributed by atoms with Crippen molar-refractivity contribution in [3.63, 3.8) is 0 Å². The van der Waals surface area contributed by atoms with E-state index in [1.54, 1.807) is 24.3 Å². The van der Waals surface area contributed by atoms with Gasteiger partial charge in [0.15, 0.2) is 0 Å². The van der Waals surface area contributed by atoms with Gasteiger partial charge in [-0.15, -0.1) is 0 Å². The average molecular weight is 309 g/mol.